The van der Waals surface area contributed by atoms with Crippen LogP contribution < -0.4 is 5.46 Å². The number of amides is 1. The summed E-state index contributed by atoms with van der Waals surface area (Å²) in [7, 11) is 1.73. The molecule has 3 nitrogen and oxygen atoms in total. The summed E-state index contributed by atoms with van der Waals surface area (Å²) in [5.74, 6) is 0. The molecule has 1 aliphatic heterocycles. The van der Waals surface area contributed by atoms with Gasteiger partial charge in [0.05, 0.1) is 11.6 Å². The summed E-state index contributed by atoms with van der Waals surface area (Å²) >= 11 is 0. The SMILES string of the molecule is Bc1ccc(C(F)(F)F)cc1CN1C(=O)O[C@H](c2ccccc2)[C@@H]1C. The Kier molecular flexibility index (Phi) is 4.50. The molecule has 1 fully saturated rings. The number of halogens is 3. The molecule has 3 rings (SSSR count). The van der Waals surface area contributed by atoms with Crippen molar-refractivity contribution in [1.29, 1.82) is 0 Å². The zero-order valence-corrected chi connectivity index (χ0v) is 13.9. The monoisotopic (exact) mass is 347 g/mol. The standard InChI is InChI=1S/C18H17BF3NO2/c1-11-16(12-5-3-2-4-6-12)25-17(24)23(11)10-13-9-14(18(20,21)22)7-8-15(13)19/h2-9,11,16H,10,19H2,1H3/t11-,16-/m0/s1. The van der Waals surface area contributed by atoms with Gasteiger partial charge in [-0.05, 0) is 24.1 Å². The number of hydrogen-bond donors (Lipinski definition) is 0. The van der Waals surface area contributed by atoms with Gasteiger partial charge in [0.2, 0.25) is 0 Å². The summed E-state index contributed by atoms with van der Waals surface area (Å²) < 4.78 is 44.3. The number of nitrogens with zero attached hydrogens (tertiary/aromatic N) is 1. The highest BCUT2D eigenvalue weighted by atomic mass is 19.4. The molecule has 0 aliphatic carbocycles. The number of hydrogen-bond acceptors (Lipinski definition) is 2. The van der Waals surface area contributed by atoms with Crippen molar-refractivity contribution in [2.45, 2.75) is 31.8 Å². The third kappa shape index (κ3) is 3.50. The molecule has 0 spiro atoms. The third-order valence-electron chi connectivity index (χ3n) is 4.54. The fourth-order valence-corrected chi connectivity index (χ4v) is 3.00. The molecule has 0 bridgehead atoms. The van der Waals surface area contributed by atoms with Gasteiger partial charge >= 0.3 is 12.3 Å². The lowest BCUT2D eigenvalue weighted by molar-refractivity contribution is -0.137. The Morgan fingerprint density at radius 3 is 2.48 bits per heavy atom. The van der Waals surface area contributed by atoms with Gasteiger partial charge in [0.1, 0.15) is 14.0 Å². The Morgan fingerprint density at radius 2 is 1.84 bits per heavy atom. The molecule has 2 atom stereocenters. The van der Waals surface area contributed by atoms with Crippen molar-refractivity contribution in [2.75, 3.05) is 0 Å². The molecule has 0 N–H and O–H groups in total. The first-order valence-electron chi connectivity index (χ1n) is 7.96. The molecule has 25 heavy (non-hydrogen) atoms. The Morgan fingerprint density at radius 1 is 1.16 bits per heavy atom. The second-order valence-corrected chi connectivity index (χ2v) is 6.22. The number of benzene rings is 2. The normalized spacial score (nSPS) is 20.6. The molecular formula is C18H17BF3NO2. The summed E-state index contributed by atoms with van der Waals surface area (Å²) in [6.07, 6.45) is -5.36. The van der Waals surface area contributed by atoms with Crippen LogP contribution in [0.4, 0.5) is 18.0 Å². The van der Waals surface area contributed by atoms with Crippen LogP contribution in [-0.4, -0.2) is 24.9 Å². The minimum atomic E-state index is -4.41. The van der Waals surface area contributed by atoms with Crippen molar-refractivity contribution in [2.24, 2.45) is 0 Å². The van der Waals surface area contributed by atoms with E-state index < -0.39 is 23.9 Å². The van der Waals surface area contributed by atoms with Crippen molar-refractivity contribution in [3.8, 4) is 0 Å². The van der Waals surface area contributed by atoms with Crippen molar-refractivity contribution >= 4 is 19.4 Å². The van der Waals surface area contributed by atoms with E-state index in [1.54, 1.807) is 7.85 Å². The van der Waals surface area contributed by atoms with Gasteiger partial charge in [-0.1, -0.05) is 47.9 Å². The number of carbonyl (C=O) groups is 1. The van der Waals surface area contributed by atoms with Crippen molar-refractivity contribution in [3.05, 3.63) is 65.2 Å². The van der Waals surface area contributed by atoms with Gasteiger partial charge in [-0.15, -0.1) is 0 Å². The number of cyclic esters (lactones) is 1. The lowest BCUT2D eigenvalue weighted by atomic mass is 9.88. The summed E-state index contributed by atoms with van der Waals surface area (Å²) in [5.41, 5.74) is 1.32. The molecule has 1 aliphatic rings. The smallest absolute Gasteiger partial charge is 0.416 e. The maximum Gasteiger partial charge on any atom is 0.416 e. The van der Waals surface area contributed by atoms with Gasteiger partial charge in [-0.2, -0.15) is 13.2 Å². The van der Waals surface area contributed by atoms with Crippen LogP contribution in [0, 0.1) is 0 Å². The molecule has 2 aromatic rings. The van der Waals surface area contributed by atoms with Gasteiger partial charge in [-0.3, -0.25) is 4.90 Å². The first kappa shape index (κ1) is 17.4. The lowest BCUT2D eigenvalue weighted by Gasteiger charge is -2.22. The predicted octanol–water partition coefficient (Wildman–Crippen LogP) is 3.05. The van der Waals surface area contributed by atoms with Crippen molar-refractivity contribution in [1.82, 2.24) is 4.90 Å². The first-order valence-corrected chi connectivity index (χ1v) is 7.96. The molecular weight excluding hydrogens is 330 g/mol. The van der Waals surface area contributed by atoms with E-state index in [9.17, 15) is 18.0 Å². The van der Waals surface area contributed by atoms with Gasteiger partial charge in [-0.25, -0.2) is 4.79 Å². The zero-order valence-electron chi connectivity index (χ0n) is 13.9. The first-order chi connectivity index (χ1) is 11.8. The molecule has 1 heterocycles. The Bertz CT molecular complexity index is 780. The average Bonchev–Trinajstić information content (AvgIpc) is 2.84. The third-order valence-corrected chi connectivity index (χ3v) is 4.54. The van der Waals surface area contributed by atoms with Crippen LogP contribution >= 0.6 is 0 Å². The minimum Gasteiger partial charge on any atom is -0.439 e. The average molecular weight is 347 g/mol. The van der Waals surface area contributed by atoms with Crippen LogP contribution in [-0.2, 0) is 17.5 Å². The fraction of sp³-hybridized carbons (Fsp3) is 0.278. The Balaban J connectivity index is 1.85. The quantitative estimate of drug-likeness (QED) is 0.799. The van der Waals surface area contributed by atoms with E-state index in [4.69, 9.17) is 4.74 Å². The highest BCUT2D eigenvalue weighted by Gasteiger charge is 2.40. The molecule has 0 unspecified atom stereocenters. The lowest BCUT2D eigenvalue weighted by Crippen LogP contribution is -2.33. The van der Waals surface area contributed by atoms with Crippen LogP contribution in [0.2, 0.25) is 0 Å². The molecule has 1 saturated heterocycles. The van der Waals surface area contributed by atoms with Crippen LogP contribution in [0.3, 0.4) is 0 Å². The van der Waals surface area contributed by atoms with Gasteiger partial charge in [0.15, 0.2) is 0 Å². The topological polar surface area (TPSA) is 29.5 Å². The number of rotatable bonds is 3. The zero-order chi connectivity index (χ0) is 18.2. The molecule has 2 aromatic carbocycles. The summed E-state index contributed by atoms with van der Waals surface area (Å²) in [6.45, 7) is 1.92. The highest BCUT2D eigenvalue weighted by Crippen LogP contribution is 2.34. The van der Waals surface area contributed by atoms with Gasteiger partial charge in [0.25, 0.3) is 0 Å². The van der Waals surface area contributed by atoms with Crippen molar-refractivity contribution in [3.63, 3.8) is 0 Å². The fourth-order valence-electron chi connectivity index (χ4n) is 3.00. The predicted molar refractivity (Wildman–Crippen MR) is 90.3 cm³/mol. The van der Waals surface area contributed by atoms with Crippen molar-refractivity contribution < 1.29 is 22.7 Å². The number of carbonyl (C=O) groups excluding carboxylic acids is 1. The summed E-state index contributed by atoms with van der Waals surface area (Å²) in [4.78, 5) is 13.7. The molecule has 0 saturated carbocycles. The summed E-state index contributed by atoms with van der Waals surface area (Å²) in [5, 5.41) is 0. The minimum absolute atomic E-state index is 0.0824. The largest absolute Gasteiger partial charge is 0.439 e. The van der Waals surface area contributed by atoms with Crippen LogP contribution in [0.5, 0.6) is 0 Å². The van der Waals surface area contributed by atoms with Gasteiger partial charge < -0.3 is 4.74 Å². The van der Waals surface area contributed by atoms with Crippen LogP contribution in [0.25, 0.3) is 0 Å². The van der Waals surface area contributed by atoms with Crippen LogP contribution in [0.15, 0.2) is 48.5 Å². The van der Waals surface area contributed by atoms with Crippen LogP contribution in [0.1, 0.15) is 29.7 Å². The second kappa shape index (κ2) is 6.46. The maximum absolute atomic E-state index is 12.9. The summed E-state index contributed by atoms with van der Waals surface area (Å²) in [6, 6.07) is 12.6. The molecule has 0 radical (unpaired) electrons. The molecule has 0 aromatic heterocycles. The van der Waals surface area contributed by atoms with E-state index in [0.29, 0.717) is 11.0 Å². The van der Waals surface area contributed by atoms with Gasteiger partial charge in [0, 0.05) is 6.54 Å². The van der Waals surface area contributed by atoms with E-state index in [1.807, 2.05) is 37.3 Å². The number of ether oxygens (including phenoxy) is 1. The van der Waals surface area contributed by atoms with E-state index in [0.717, 1.165) is 17.7 Å². The Hall–Kier alpha value is -2.44. The maximum atomic E-state index is 12.9. The molecule has 7 heteroatoms. The molecule has 130 valence electrons. The number of alkyl halides is 3. The van der Waals surface area contributed by atoms with E-state index in [2.05, 4.69) is 0 Å². The Labute approximate surface area is 144 Å². The van der Waals surface area contributed by atoms with E-state index in [1.165, 1.54) is 11.0 Å². The molecule has 1 amide bonds. The highest BCUT2D eigenvalue weighted by molar-refractivity contribution is 6.33. The van der Waals surface area contributed by atoms with E-state index in [-0.39, 0.29) is 12.6 Å². The second-order valence-electron chi connectivity index (χ2n) is 6.22. The van der Waals surface area contributed by atoms with E-state index >= 15 is 0 Å².